The van der Waals surface area contributed by atoms with Crippen LogP contribution >= 0.6 is 23.2 Å². The first-order valence-corrected chi connectivity index (χ1v) is 5.57. The molecule has 0 aromatic heterocycles. The molecule has 1 rings (SSSR count). The van der Waals surface area contributed by atoms with E-state index in [1.807, 2.05) is 6.07 Å². The van der Waals surface area contributed by atoms with Gasteiger partial charge >= 0.3 is 0 Å². The Balaban J connectivity index is 2.72. The molecule has 0 saturated carbocycles. The smallest absolute Gasteiger partial charge is 0.237 e. The van der Waals surface area contributed by atoms with Crippen molar-refractivity contribution in [2.45, 2.75) is 25.9 Å². The molecule has 1 amide bonds. The summed E-state index contributed by atoms with van der Waals surface area (Å²) in [6, 6.07) is 5.23. The number of benzene rings is 1. The normalized spacial score (nSPS) is 11.5. The Kier molecular flexibility index (Phi) is 4.19. The van der Waals surface area contributed by atoms with Gasteiger partial charge in [-0.3, -0.25) is 10.1 Å². The van der Waals surface area contributed by atoms with Gasteiger partial charge in [0, 0.05) is 16.6 Å². The fourth-order valence-electron chi connectivity index (χ4n) is 1.07. The molecular weight excluding hydrogens is 247 g/mol. The fraction of sp³-hybridized carbons (Fsp3) is 0.364. The molecule has 3 nitrogen and oxygen atoms in total. The number of primary amides is 1. The molecule has 88 valence electrons. The van der Waals surface area contributed by atoms with Gasteiger partial charge < -0.3 is 5.73 Å². The zero-order valence-corrected chi connectivity index (χ0v) is 10.7. The van der Waals surface area contributed by atoms with Crippen molar-refractivity contribution >= 4 is 29.1 Å². The monoisotopic (exact) mass is 260 g/mol. The fourth-order valence-corrected chi connectivity index (χ4v) is 1.54. The molecule has 0 radical (unpaired) electrons. The highest BCUT2D eigenvalue weighted by molar-refractivity contribution is 6.35. The average molecular weight is 261 g/mol. The highest BCUT2D eigenvalue weighted by atomic mass is 35.5. The number of carbonyl (C=O) groups excluding carboxylic acids is 1. The lowest BCUT2D eigenvalue weighted by Crippen LogP contribution is -2.50. The number of halogens is 2. The lowest BCUT2D eigenvalue weighted by molar-refractivity contribution is -0.123. The third-order valence-corrected chi connectivity index (χ3v) is 2.94. The summed E-state index contributed by atoms with van der Waals surface area (Å²) in [5.74, 6) is -0.405. The highest BCUT2D eigenvalue weighted by Crippen LogP contribution is 2.21. The van der Waals surface area contributed by atoms with Crippen LogP contribution < -0.4 is 11.1 Å². The zero-order valence-electron chi connectivity index (χ0n) is 9.18. The van der Waals surface area contributed by atoms with Gasteiger partial charge in [0.1, 0.15) is 0 Å². The molecule has 1 aromatic rings. The maximum absolute atomic E-state index is 11.1. The summed E-state index contributed by atoms with van der Waals surface area (Å²) in [5, 5.41) is 4.19. The van der Waals surface area contributed by atoms with Gasteiger partial charge in [0.15, 0.2) is 0 Å². The summed E-state index contributed by atoms with van der Waals surface area (Å²) in [6.45, 7) is 3.91. The second-order valence-corrected chi connectivity index (χ2v) is 4.92. The largest absolute Gasteiger partial charge is 0.368 e. The third-order valence-electron chi connectivity index (χ3n) is 2.35. The summed E-state index contributed by atoms with van der Waals surface area (Å²) in [6.07, 6.45) is 0. The number of hydrogen-bond acceptors (Lipinski definition) is 2. The van der Waals surface area contributed by atoms with Gasteiger partial charge in [0.25, 0.3) is 0 Å². The van der Waals surface area contributed by atoms with Crippen LogP contribution in [0.5, 0.6) is 0 Å². The molecule has 0 fully saturated rings. The molecule has 0 aliphatic heterocycles. The van der Waals surface area contributed by atoms with Crippen LogP contribution in [-0.4, -0.2) is 11.4 Å². The molecule has 0 spiro atoms. The minimum Gasteiger partial charge on any atom is -0.368 e. The molecule has 0 saturated heterocycles. The lowest BCUT2D eigenvalue weighted by Gasteiger charge is -2.22. The summed E-state index contributed by atoms with van der Waals surface area (Å²) in [4.78, 5) is 11.1. The molecule has 16 heavy (non-hydrogen) atoms. The summed E-state index contributed by atoms with van der Waals surface area (Å²) in [7, 11) is 0. The molecule has 0 heterocycles. The Labute approximate surface area is 105 Å². The Morgan fingerprint density at radius 2 is 2.06 bits per heavy atom. The number of carbonyl (C=O) groups is 1. The Hall–Kier alpha value is -0.770. The van der Waals surface area contributed by atoms with Crippen LogP contribution in [0.3, 0.4) is 0 Å². The predicted molar refractivity (Wildman–Crippen MR) is 66.6 cm³/mol. The average Bonchev–Trinajstić information content (AvgIpc) is 2.16. The molecule has 1 aromatic carbocycles. The quantitative estimate of drug-likeness (QED) is 0.874. The van der Waals surface area contributed by atoms with Crippen LogP contribution in [0.4, 0.5) is 0 Å². The van der Waals surface area contributed by atoms with Gasteiger partial charge in [-0.25, -0.2) is 0 Å². The van der Waals surface area contributed by atoms with Gasteiger partial charge in [-0.2, -0.15) is 0 Å². The highest BCUT2D eigenvalue weighted by Gasteiger charge is 2.23. The Morgan fingerprint density at radius 3 is 2.56 bits per heavy atom. The van der Waals surface area contributed by atoms with E-state index in [4.69, 9.17) is 28.9 Å². The molecule has 0 aliphatic rings. The minimum atomic E-state index is -0.761. The van der Waals surface area contributed by atoms with E-state index in [1.54, 1.807) is 26.0 Å². The van der Waals surface area contributed by atoms with E-state index < -0.39 is 11.4 Å². The molecule has 5 heteroatoms. The van der Waals surface area contributed by atoms with Crippen molar-refractivity contribution < 1.29 is 4.79 Å². The molecule has 0 bridgehead atoms. The topological polar surface area (TPSA) is 55.1 Å². The van der Waals surface area contributed by atoms with E-state index in [0.29, 0.717) is 16.6 Å². The summed E-state index contributed by atoms with van der Waals surface area (Å²) < 4.78 is 0. The summed E-state index contributed by atoms with van der Waals surface area (Å²) >= 11 is 11.8. The van der Waals surface area contributed by atoms with E-state index in [0.717, 1.165) is 5.56 Å². The van der Waals surface area contributed by atoms with Crippen molar-refractivity contribution in [3.8, 4) is 0 Å². The third kappa shape index (κ3) is 3.37. The van der Waals surface area contributed by atoms with Crippen LogP contribution in [-0.2, 0) is 11.3 Å². The number of amides is 1. The first-order chi connectivity index (χ1) is 7.33. The van der Waals surface area contributed by atoms with Crippen molar-refractivity contribution in [2.75, 3.05) is 0 Å². The molecule has 3 N–H and O–H groups in total. The Morgan fingerprint density at radius 1 is 1.44 bits per heavy atom. The first kappa shape index (κ1) is 13.3. The van der Waals surface area contributed by atoms with E-state index in [-0.39, 0.29) is 0 Å². The van der Waals surface area contributed by atoms with Gasteiger partial charge in [0.05, 0.1) is 5.54 Å². The zero-order chi connectivity index (χ0) is 12.3. The van der Waals surface area contributed by atoms with Crippen molar-refractivity contribution in [3.63, 3.8) is 0 Å². The van der Waals surface area contributed by atoms with Crippen LogP contribution in [0.25, 0.3) is 0 Å². The molecule has 0 atom stereocenters. The van der Waals surface area contributed by atoms with E-state index in [1.165, 1.54) is 0 Å². The maximum atomic E-state index is 11.1. The molecule has 0 aliphatic carbocycles. The minimum absolute atomic E-state index is 0.405. The van der Waals surface area contributed by atoms with Crippen LogP contribution in [0.15, 0.2) is 18.2 Å². The standard InChI is InChI=1S/C11H14Cl2N2O/c1-11(2,10(14)16)15-6-7-3-4-8(12)5-9(7)13/h3-5,15H,6H2,1-2H3,(H2,14,16). The second-order valence-electron chi connectivity index (χ2n) is 4.08. The van der Waals surface area contributed by atoms with Gasteiger partial charge in [0.2, 0.25) is 5.91 Å². The van der Waals surface area contributed by atoms with Crippen molar-refractivity contribution in [3.05, 3.63) is 33.8 Å². The second kappa shape index (κ2) is 5.04. The maximum Gasteiger partial charge on any atom is 0.237 e. The van der Waals surface area contributed by atoms with Crippen LogP contribution in [0, 0.1) is 0 Å². The Bertz CT molecular complexity index is 405. The van der Waals surface area contributed by atoms with E-state index >= 15 is 0 Å². The SMILES string of the molecule is CC(C)(NCc1ccc(Cl)cc1Cl)C(N)=O. The first-order valence-electron chi connectivity index (χ1n) is 4.82. The van der Waals surface area contributed by atoms with Gasteiger partial charge in [-0.05, 0) is 31.5 Å². The number of nitrogens with two attached hydrogens (primary N) is 1. The van der Waals surface area contributed by atoms with Crippen molar-refractivity contribution in [2.24, 2.45) is 5.73 Å². The van der Waals surface area contributed by atoms with Gasteiger partial charge in [-0.1, -0.05) is 29.3 Å². The van der Waals surface area contributed by atoms with Crippen LogP contribution in [0.2, 0.25) is 10.0 Å². The number of hydrogen-bond donors (Lipinski definition) is 2. The van der Waals surface area contributed by atoms with Crippen molar-refractivity contribution in [1.29, 1.82) is 0 Å². The van der Waals surface area contributed by atoms with Gasteiger partial charge in [-0.15, -0.1) is 0 Å². The molecule has 0 unspecified atom stereocenters. The number of nitrogens with one attached hydrogen (secondary N) is 1. The lowest BCUT2D eigenvalue weighted by atomic mass is 10.0. The van der Waals surface area contributed by atoms with E-state index in [9.17, 15) is 4.79 Å². The van der Waals surface area contributed by atoms with Crippen molar-refractivity contribution in [1.82, 2.24) is 5.32 Å². The number of rotatable bonds is 4. The van der Waals surface area contributed by atoms with Crippen LogP contribution in [0.1, 0.15) is 19.4 Å². The predicted octanol–water partition coefficient (Wildman–Crippen LogP) is 2.35. The summed E-state index contributed by atoms with van der Waals surface area (Å²) in [5.41, 5.74) is 5.36. The van der Waals surface area contributed by atoms with E-state index in [2.05, 4.69) is 5.32 Å². The molecular formula is C11H14Cl2N2O.